The SMILES string of the molecule is CCCCC1NC(=O)c2cc([N+](=O)[O-])ccc2N1. The van der Waals surface area contributed by atoms with Crippen molar-refractivity contribution in [3.63, 3.8) is 0 Å². The quantitative estimate of drug-likeness (QED) is 0.633. The lowest BCUT2D eigenvalue weighted by Gasteiger charge is -2.27. The monoisotopic (exact) mass is 249 g/mol. The van der Waals surface area contributed by atoms with E-state index in [0.717, 1.165) is 19.3 Å². The first-order valence-electron chi connectivity index (χ1n) is 5.97. The van der Waals surface area contributed by atoms with Crippen molar-refractivity contribution in [3.8, 4) is 0 Å². The van der Waals surface area contributed by atoms with Crippen LogP contribution in [0, 0.1) is 10.1 Å². The molecule has 1 aliphatic rings. The predicted molar refractivity (Wildman–Crippen MR) is 67.5 cm³/mol. The molecule has 0 saturated carbocycles. The minimum Gasteiger partial charge on any atom is -0.365 e. The van der Waals surface area contributed by atoms with Gasteiger partial charge in [-0.25, -0.2) is 0 Å². The molecule has 0 aliphatic carbocycles. The number of amides is 1. The van der Waals surface area contributed by atoms with E-state index in [0.29, 0.717) is 11.3 Å². The van der Waals surface area contributed by atoms with Gasteiger partial charge in [-0.15, -0.1) is 0 Å². The van der Waals surface area contributed by atoms with E-state index in [1.165, 1.54) is 12.1 Å². The molecule has 18 heavy (non-hydrogen) atoms. The van der Waals surface area contributed by atoms with Crippen molar-refractivity contribution in [2.24, 2.45) is 0 Å². The Morgan fingerprint density at radius 3 is 2.83 bits per heavy atom. The van der Waals surface area contributed by atoms with Crippen molar-refractivity contribution >= 4 is 17.3 Å². The molecule has 1 aromatic rings. The van der Waals surface area contributed by atoms with Gasteiger partial charge in [-0.1, -0.05) is 13.3 Å². The third-order valence-electron chi connectivity index (χ3n) is 2.94. The second-order valence-electron chi connectivity index (χ2n) is 4.30. The van der Waals surface area contributed by atoms with Crippen LogP contribution in [0.2, 0.25) is 0 Å². The second kappa shape index (κ2) is 5.03. The maximum Gasteiger partial charge on any atom is 0.270 e. The zero-order chi connectivity index (χ0) is 13.1. The minimum absolute atomic E-state index is 0.0716. The van der Waals surface area contributed by atoms with E-state index < -0.39 is 4.92 Å². The van der Waals surface area contributed by atoms with Gasteiger partial charge in [0.2, 0.25) is 0 Å². The molecule has 0 aromatic heterocycles. The largest absolute Gasteiger partial charge is 0.365 e. The van der Waals surface area contributed by atoms with Crippen LogP contribution in [0.4, 0.5) is 11.4 Å². The number of rotatable bonds is 4. The van der Waals surface area contributed by atoms with E-state index in [1.54, 1.807) is 6.07 Å². The average molecular weight is 249 g/mol. The van der Waals surface area contributed by atoms with Gasteiger partial charge < -0.3 is 10.6 Å². The summed E-state index contributed by atoms with van der Waals surface area (Å²) in [4.78, 5) is 22.0. The Hall–Kier alpha value is -2.11. The number of non-ortho nitro benzene ring substituents is 1. The summed E-state index contributed by atoms with van der Waals surface area (Å²) in [6.45, 7) is 2.09. The third kappa shape index (κ3) is 2.42. The van der Waals surface area contributed by atoms with Crippen LogP contribution in [0.15, 0.2) is 18.2 Å². The molecule has 0 spiro atoms. The number of nitrogens with zero attached hydrogens (tertiary/aromatic N) is 1. The first-order chi connectivity index (χ1) is 8.61. The van der Waals surface area contributed by atoms with Gasteiger partial charge in [0.25, 0.3) is 11.6 Å². The first-order valence-corrected chi connectivity index (χ1v) is 5.97. The molecule has 2 rings (SSSR count). The topological polar surface area (TPSA) is 84.3 Å². The average Bonchev–Trinajstić information content (AvgIpc) is 2.36. The number of nitrogens with one attached hydrogen (secondary N) is 2. The van der Waals surface area contributed by atoms with E-state index in [9.17, 15) is 14.9 Å². The fourth-order valence-corrected chi connectivity index (χ4v) is 1.97. The highest BCUT2D eigenvalue weighted by Crippen LogP contribution is 2.26. The number of nitro benzene ring substituents is 1. The molecule has 1 aromatic carbocycles. The maximum atomic E-state index is 11.9. The zero-order valence-electron chi connectivity index (χ0n) is 10.1. The number of nitro groups is 1. The molecule has 0 bridgehead atoms. The van der Waals surface area contributed by atoms with E-state index in [4.69, 9.17) is 0 Å². The van der Waals surface area contributed by atoms with Gasteiger partial charge in [-0.3, -0.25) is 14.9 Å². The third-order valence-corrected chi connectivity index (χ3v) is 2.94. The number of hydrogen-bond acceptors (Lipinski definition) is 4. The molecular weight excluding hydrogens is 234 g/mol. The molecule has 0 fully saturated rings. The van der Waals surface area contributed by atoms with Gasteiger partial charge in [-0.2, -0.15) is 0 Å². The van der Waals surface area contributed by atoms with Crippen molar-refractivity contribution < 1.29 is 9.72 Å². The van der Waals surface area contributed by atoms with Gasteiger partial charge in [0.1, 0.15) is 0 Å². The highest BCUT2D eigenvalue weighted by molar-refractivity contribution is 6.02. The van der Waals surface area contributed by atoms with Gasteiger partial charge in [0.15, 0.2) is 0 Å². The summed E-state index contributed by atoms with van der Waals surface area (Å²) >= 11 is 0. The molecule has 1 heterocycles. The summed E-state index contributed by atoms with van der Waals surface area (Å²) in [7, 11) is 0. The number of fused-ring (bicyclic) bond motifs is 1. The lowest BCUT2D eigenvalue weighted by atomic mass is 10.1. The van der Waals surface area contributed by atoms with Crippen LogP contribution < -0.4 is 10.6 Å². The number of benzene rings is 1. The maximum absolute atomic E-state index is 11.9. The van der Waals surface area contributed by atoms with Crippen LogP contribution in [-0.4, -0.2) is 17.0 Å². The smallest absolute Gasteiger partial charge is 0.270 e. The lowest BCUT2D eigenvalue weighted by molar-refractivity contribution is -0.384. The first kappa shape index (κ1) is 12.3. The standard InChI is InChI=1S/C12H15N3O3/c1-2-3-4-11-13-10-6-5-8(15(17)18)7-9(10)12(16)14-11/h5-7,11,13H,2-4H2,1H3,(H,14,16). The van der Waals surface area contributed by atoms with Crippen LogP contribution in [0.1, 0.15) is 36.5 Å². The van der Waals surface area contributed by atoms with Crippen LogP contribution in [0.3, 0.4) is 0 Å². The van der Waals surface area contributed by atoms with Crippen molar-refractivity contribution in [2.45, 2.75) is 32.4 Å². The van der Waals surface area contributed by atoms with E-state index in [1.807, 2.05) is 0 Å². The Morgan fingerprint density at radius 2 is 2.17 bits per heavy atom. The second-order valence-corrected chi connectivity index (χ2v) is 4.30. The summed E-state index contributed by atoms with van der Waals surface area (Å²) < 4.78 is 0. The van der Waals surface area contributed by atoms with Crippen LogP contribution >= 0.6 is 0 Å². The van der Waals surface area contributed by atoms with Crippen LogP contribution in [0.5, 0.6) is 0 Å². The van der Waals surface area contributed by atoms with Gasteiger partial charge in [0.05, 0.1) is 16.7 Å². The molecule has 96 valence electrons. The fourth-order valence-electron chi connectivity index (χ4n) is 1.97. The Bertz CT molecular complexity index is 487. The predicted octanol–water partition coefficient (Wildman–Crippen LogP) is 2.27. The molecule has 0 radical (unpaired) electrons. The summed E-state index contributed by atoms with van der Waals surface area (Å²) in [6.07, 6.45) is 2.83. The number of carbonyl (C=O) groups excluding carboxylic acids is 1. The Morgan fingerprint density at radius 1 is 1.39 bits per heavy atom. The van der Waals surface area contributed by atoms with Crippen molar-refractivity contribution in [3.05, 3.63) is 33.9 Å². The number of anilines is 1. The summed E-state index contributed by atoms with van der Waals surface area (Å²) in [6, 6.07) is 4.29. The Balaban J connectivity index is 2.22. The highest BCUT2D eigenvalue weighted by Gasteiger charge is 2.24. The normalized spacial score (nSPS) is 17.6. The van der Waals surface area contributed by atoms with E-state index >= 15 is 0 Å². The van der Waals surface area contributed by atoms with Crippen molar-refractivity contribution in [1.82, 2.24) is 5.32 Å². The lowest BCUT2D eigenvalue weighted by Crippen LogP contribution is -2.44. The van der Waals surface area contributed by atoms with Gasteiger partial charge in [0, 0.05) is 17.8 Å². The van der Waals surface area contributed by atoms with Crippen LogP contribution in [-0.2, 0) is 0 Å². The van der Waals surface area contributed by atoms with E-state index in [-0.39, 0.29) is 17.8 Å². The summed E-state index contributed by atoms with van der Waals surface area (Å²) in [5, 5.41) is 16.6. The number of unbranched alkanes of at least 4 members (excludes halogenated alkanes) is 1. The molecule has 1 unspecified atom stereocenters. The molecule has 2 N–H and O–H groups in total. The fraction of sp³-hybridized carbons (Fsp3) is 0.417. The highest BCUT2D eigenvalue weighted by atomic mass is 16.6. The zero-order valence-corrected chi connectivity index (χ0v) is 10.1. The van der Waals surface area contributed by atoms with E-state index in [2.05, 4.69) is 17.6 Å². The van der Waals surface area contributed by atoms with Crippen molar-refractivity contribution in [2.75, 3.05) is 5.32 Å². The minimum atomic E-state index is -0.503. The van der Waals surface area contributed by atoms with Crippen molar-refractivity contribution in [1.29, 1.82) is 0 Å². The van der Waals surface area contributed by atoms with Gasteiger partial charge >= 0.3 is 0 Å². The van der Waals surface area contributed by atoms with Gasteiger partial charge in [-0.05, 0) is 18.9 Å². The summed E-state index contributed by atoms with van der Waals surface area (Å²) in [5.41, 5.74) is 0.917. The number of hydrogen-bond donors (Lipinski definition) is 2. The molecule has 1 atom stereocenters. The molecule has 6 nitrogen and oxygen atoms in total. The molecule has 6 heteroatoms. The summed E-state index contributed by atoms with van der Waals surface area (Å²) in [5.74, 6) is -0.256. The Labute approximate surface area is 105 Å². The number of carbonyl (C=O) groups is 1. The molecule has 1 aliphatic heterocycles. The molecule has 0 saturated heterocycles. The molecule has 1 amide bonds. The molecular formula is C12H15N3O3. The van der Waals surface area contributed by atoms with Crippen LogP contribution in [0.25, 0.3) is 0 Å². The Kier molecular flexibility index (Phi) is 3.45.